The van der Waals surface area contributed by atoms with Crippen LogP contribution in [0.15, 0.2) is 24.3 Å². The van der Waals surface area contributed by atoms with Crippen molar-refractivity contribution in [2.24, 2.45) is 0 Å². The van der Waals surface area contributed by atoms with E-state index in [1.165, 1.54) is 12.1 Å². The number of halogens is 7. The molecule has 1 rings (SSSR count). The second-order valence-electron chi connectivity index (χ2n) is 2.91. The molecule has 1 aromatic rings. The first-order chi connectivity index (χ1) is 7.22. The van der Waals surface area contributed by atoms with Gasteiger partial charge < -0.3 is 0 Å². The average molecular weight is 355 g/mol. The van der Waals surface area contributed by atoms with Gasteiger partial charge in [0.1, 0.15) is 0 Å². The van der Waals surface area contributed by atoms with Crippen LogP contribution >= 0.6 is 0 Å². The maximum atomic E-state index is 12.5. The van der Waals surface area contributed by atoms with Gasteiger partial charge in [-0.25, -0.2) is 0 Å². The summed E-state index contributed by atoms with van der Waals surface area (Å²) in [6.45, 7) is 0. The molecule has 0 saturated heterocycles. The summed E-state index contributed by atoms with van der Waals surface area (Å²) in [6.07, 6.45) is -5.51. The molecule has 0 bridgehead atoms. The van der Waals surface area contributed by atoms with E-state index in [-0.39, 0.29) is 0 Å². The Kier molecular flexibility index (Phi) is 4.08. The number of rotatable bonds is 3. The molecule has 0 radical (unpaired) electrons. The fourth-order valence-electron chi connectivity index (χ4n) is 0.755. The molecule has 0 aromatic heterocycles. The van der Waals surface area contributed by atoms with E-state index in [1.54, 1.807) is 0 Å². The van der Waals surface area contributed by atoms with Gasteiger partial charge in [-0.1, -0.05) is 0 Å². The molecule has 0 aliphatic rings. The van der Waals surface area contributed by atoms with E-state index < -0.39 is 43.5 Å². The van der Waals surface area contributed by atoms with Gasteiger partial charge in [0.2, 0.25) is 0 Å². The predicted molar refractivity (Wildman–Crippen MR) is 41.0 cm³/mol. The normalized spacial score (nSPS) is 13.1. The zero-order chi connectivity index (χ0) is 12.4. The van der Waals surface area contributed by atoms with E-state index in [4.69, 9.17) is 0 Å². The van der Waals surface area contributed by atoms with Crippen LogP contribution in [0.1, 0.15) is 0 Å². The van der Waals surface area contributed by atoms with Gasteiger partial charge in [-0.15, -0.1) is 0 Å². The van der Waals surface area contributed by atoms with Gasteiger partial charge in [0.25, 0.3) is 0 Å². The van der Waals surface area contributed by atoms with E-state index in [2.05, 4.69) is 0 Å². The number of hydrogen-bond acceptors (Lipinski definition) is 0. The van der Waals surface area contributed by atoms with Crippen molar-refractivity contribution < 1.29 is 47.5 Å². The third-order valence-electron chi connectivity index (χ3n) is 1.61. The van der Waals surface area contributed by atoms with E-state index in [9.17, 15) is 26.3 Å². The van der Waals surface area contributed by atoms with Gasteiger partial charge in [0.05, 0.1) is 0 Å². The second-order valence-corrected chi connectivity index (χ2v) is 5.68. The van der Waals surface area contributed by atoms with Crippen LogP contribution < -0.4 is 21.2 Å². The maximum absolute atomic E-state index is 12.5. The first-order valence-corrected chi connectivity index (χ1v) is 6.62. The summed E-state index contributed by atoms with van der Waals surface area (Å²) in [4.78, 5) is 0. The molecule has 7 heteroatoms. The van der Waals surface area contributed by atoms with Crippen molar-refractivity contribution >= 4 is 0 Å². The predicted octanol–water partition coefficient (Wildman–Crippen LogP) is 0.282. The monoisotopic (exact) mass is 355 g/mol. The Bertz CT molecular complexity index is 342. The number of hydrogen-bond donors (Lipinski definition) is 0. The Hall–Kier alpha value is -0.470. The molecule has 0 amide bonds. The molecule has 0 aliphatic carbocycles. The summed E-state index contributed by atoms with van der Waals surface area (Å²) >= 11 is -1.48. The van der Waals surface area contributed by atoms with Gasteiger partial charge in [-0.3, -0.25) is 0 Å². The molecule has 0 saturated carbocycles. The Morgan fingerprint density at radius 1 is 0.938 bits per heavy atom. The molecule has 0 spiro atoms. The SMILES string of the molecule is Fc1ccc([I-]CC(F)(F)C(F)(F)F)cc1. The summed E-state index contributed by atoms with van der Waals surface area (Å²) in [5, 5.41) is 0. The van der Waals surface area contributed by atoms with Crippen molar-refractivity contribution in [2.75, 3.05) is 4.43 Å². The molecule has 16 heavy (non-hydrogen) atoms. The van der Waals surface area contributed by atoms with Crippen LogP contribution in [0, 0.1) is 9.39 Å². The van der Waals surface area contributed by atoms with Crippen molar-refractivity contribution in [1.29, 1.82) is 0 Å². The van der Waals surface area contributed by atoms with Gasteiger partial charge in [-0.05, 0) is 0 Å². The summed E-state index contributed by atoms with van der Waals surface area (Å²) in [7, 11) is 0. The first-order valence-electron chi connectivity index (χ1n) is 4.02. The zero-order valence-electron chi connectivity index (χ0n) is 7.66. The number of alkyl halides is 6. The van der Waals surface area contributed by atoms with E-state index in [0.29, 0.717) is 3.57 Å². The quantitative estimate of drug-likeness (QED) is 0.415. The first kappa shape index (κ1) is 13.6. The molecule has 0 heterocycles. The Morgan fingerprint density at radius 3 is 1.88 bits per heavy atom. The Morgan fingerprint density at radius 2 is 1.44 bits per heavy atom. The molecular formula is C9H6F6I-. The topological polar surface area (TPSA) is 0 Å². The van der Waals surface area contributed by atoms with E-state index in [0.717, 1.165) is 12.1 Å². The van der Waals surface area contributed by atoms with Gasteiger partial charge in [0, 0.05) is 0 Å². The molecule has 0 atom stereocenters. The van der Waals surface area contributed by atoms with Gasteiger partial charge in [0.15, 0.2) is 0 Å². The van der Waals surface area contributed by atoms with Gasteiger partial charge >= 0.3 is 97.7 Å². The number of benzene rings is 1. The van der Waals surface area contributed by atoms with Crippen molar-refractivity contribution in [2.45, 2.75) is 12.1 Å². The van der Waals surface area contributed by atoms with Crippen LogP contribution in [-0.4, -0.2) is 16.5 Å². The fraction of sp³-hybridized carbons (Fsp3) is 0.333. The molecule has 92 valence electrons. The second kappa shape index (κ2) is 4.80. The molecule has 0 fully saturated rings. The molecule has 0 nitrogen and oxygen atoms in total. The van der Waals surface area contributed by atoms with E-state index >= 15 is 0 Å². The third kappa shape index (κ3) is 3.53. The Labute approximate surface area is 97.9 Å². The molecule has 0 unspecified atom stereocenters. The van der Waals surface area contributed by atoms with Crippen molar-refractivity contribution in [3.05, 3.63) is 33.7 Å². The van der Waals surface area contributed by atoms with Crippen molar-refractivity contribution in [3.63, 3.8) is 0 Å². The van der Waals surface area contributed by atoms with Crippen LogP contribution in [0.3, 0.4) is 0 Å². The standard InChI is InChI=1S/C9H6F6I/c10-6-1-3-7(4-2-6)16-5-8(11,12)9(13,14)15/h1-4H,5H2/q-1. The van der Waals surface area contributed by atoms with Gasteiger partial charge in [-0.2, -0.15) is 0 Å². The minimum atomic E-state index is -5.51. The van der Waals surface area contributed by atoms with Crippen LogP contribution in [0.25, 0.3) is 0 Å². The van der Waals surface area contributed by atoms with Crippen LogP contribution in [0.2, 0.25) is 0 Å². The zero-order valence-corrected chi connectivity index (χ0v) is 9.82. The third-order valence-corrected chi connectivity index (χ3v) is 4.55. The summed E-state index contributed by atoms with van der Waals surface area (Å²) in [5.41, 5.74) is 0. The molecular weight excluding hydrogens is 349 g/mol. The molecule has 0 aliphatic heterocycles. The fourth-order valence-corrected chi connectivity index (χ4v) is 2.98. The van der Waals surface area contributed by atoms with Crippen LogP contribution in [-0.2, 0) is 0 Å². The molecule has 0 N–H and O–H groups in total. The van der Waals surface area contributed by atoms with Crippen LogP contribution in [0.5, 0.6) is 0 Å². The average Bonchev–Trinajstić information content (AvgIpc) is 2.15. The summed E-state index contributed by atoms with van der Waals surface area (Å²) < 4.78 is 72.0. The molecule has 1 aromatic carbocycles. The van der Waals surface area contributed by atoms with Crippen LogP contribution in [0.4, 0.5) is 26.3 Å². The Balaban J connectivity index is 2.61. The van der Waals surface area contributed by atoms with E-state index in [1.807, 2.05) is 0 Å². The minimum absolute atomic E-state index is 0.351. The summed E-state index contributed by atoms with van der Waals surface area (Å²) in [5.74, 6) is -5.20. The summed E-state index contributed by atoms with van der Waals surface area (Å²) in [6, 6.07) is 4.55. The van der Waals surface area contributed by atoms with Crippen molar-refractivity contribution in [1.82, 2.24) is 0 Å². The van der Waals surface area contributed by atoms with Crippen molar-refractivity contribution in [3.8, 4) is 0 Å².